The second kappa shape index (κ2) is 8.10. The number of rotatable bonds is 6. The van der Waals surface area contributed by atoms with Crippen molar-refractivity contribution in [1.82, 2.24) is 19.9 Å². The average Bonchev–Trinajstić information content (AvgIpc) is 3.13. The highest BCUT2D eigenvalue weighted by molar-refractivity contribution is 5.96. The van der Waals surface area contributed by atoms with Crippen molar-refractivity contribution in [3.8, 4) is 17.1 Å². The Kier molecular flexibility index (Phi) is 5.20. The predicted molar refractivity (Wildman–Crippen MR) is 108 cm³/mol. The zero-order valence-corrected chi connectivity index (χ0v) is 15.8. The zero-order chi connectivity index (χ0) is 20.2. The number of nitrogens with zero attached hydrogens (tertiary/aromatic N) is 3. The van der Waals surface area contributed by atoms with E-state index in [1.54, 1.807) is 36.5 Å². The molecule has 4 aromatic rings. The molecule has 4 rings (SSSR count). The molecule has 1 N–H and O–H groups in total. The molecular weight excluding hydrogens is 371 g/mol. The van der Waals surface area contributed by atoms with E-state index in [-0.39, 0.29) is 11.7 Å². The third kappa shape index (κ3) is 3.80. The van der Waals surface area contributed by atoms with Crippen molar-refractivity contribution >= 4 is 17.1 Å². The summed E-state index contributed by atoms with van der Waals surface area (Å²) < 4.78 is 20.5. The van der Waals surface area contributed by atoms with E-state index in [0.717, 1.165) is 11.1 Å². The van der Waals surface area contributed by atoms with E-state index in [1.807, 2.05) is 22.8 Å². The summed E-state index contributed by atoms with van der Waals surface area (Å²) in [7, 11) is 1.53. The molecule has 0 radical (unpaired) electrons. The van der Waals surface area contributed by atoms with Crippen LogP contribution in [0.15, 0.2) is 66.9 Å². The third-order valence-electron chi connectivity index (χ3n) is 4.58. The van der Waals surface area contributed by atoms with Gasteiger partial charge in [-0.15, -0.1) is 0 Å². The Bertz CT molecular complexity index is 1160. The Labute approximate surface area is 167 Å². The molecule has 0 saturated carbocycles. The van der Waals surface area contributed by atoms with Gasteiger partial charge in [0.1, 0.15) is 22.9 Å². The molecule has 0 aliphatic heterocycles. The highest BCUT2D eigenvalue weighted by atomic mass is 19.1. The molecule has 0 fully saturated rings. The number of methoxy groups -OCH3 is 1. The number of carbonyl (C=O) groups excluding carboxylic acids is 1. The minimum atomic E-state index is -0.307. The quantitative estimate of drug-likeness (QED) is 0.545. The van der Waals surface area contributed by atoms with Crippen molar-refractivity contribution in [2.24, 2.45) is 0 Å². The van der Waals surface area contributed by atoms with Gasteiger partial charge in [0.2, 0.25) is 0 Å². The number of hydrogen-bond donors (Lipinski definition) is 1. The summed E-state index contributed by atoms with van der Waals surface area (Å²) in [5.74, 6) is 0.666. The molecular formula is C22H19FN4O2. The Hall–Kier alpha value is -3.74. The lowest BCUT2D eigenvalue weighted by molar-refractivity contribution is 0.0949. The third-order valence-corrected chi connectivity index (χ3v) is 4.58. The van der Waals surface area contributed by atoms with Crippen molar-refractivity contribution in [3.05, 3.63) is 78.2 Å². The van der Waals surface area contributed by atoms with Crippen LogP contribution in [0.3, 0.4) is 0 Å². The number of carbonyl (C=O) groups is 1. The maximum Gasteiger partial charge on any atom is 0.255 e. The van der Waals surface area contributed by atoms with Crippen LogP contribution in [-0.2, 0) is 6.54 Å². The fourth-order valence-corrected chi connectivity index (χ4v) is 3.20. The molecule has 1 amide bonds. The van der Waals surface area contributed by atoms with Crippen LogP contribution in [-0.4, -0.2) is 34.1 Å². The van der Waals surface area contributed by atoms with Crippen molar-refractivity contribution < 1.29 is 13.9 Å². The molecule has 0 aliphatic rings. The molecule has 0 saturated heterocycles. The van der Waals surface area contributed by atoms with E-state index in [1.165, 1.54) is 19.2 Å². The number of fused-ring (bicyclic) bond motifs is 1. The van der Waals surface area contributed by atoms with Gasteiger partial charge >= 0.3 is 0 Å². The maximum atomic E-state index is 13.3. The molecule has 2 aromatic carbocycles. The standard InChI is InChI=1S/C22H19FN4O2/c1-29-19-7-3-2-5-17(19)22(28)25-13-14-27-20(15-8-10-16(23)11-9-15)26-18-6-4-12-24-21(18)27/h2-12H,13-14H2,1H3,(H,25,28). The monoisotopic (exact) mass is 390 g/mol. The number of aromatic nitrogens is 3. The lowest BCUT2D eigenvalue weighted by Gasteiger charge is -2.11. The molecule has 29 heavy (non-hydrogen) atoms. The first-order chi connectivity index (χ1) is 14.2. The SMILES string of the molecule is COc1ccccc1C(=O)NCCn1c(-c2ccc(F)cc2)nc2cccnc21. The van der Waals surface area contributed by atoms with Crippen LogP contribution < -0.4 is 10.1 Å². The zero-order valence-electron chi connectivity index (χ0n) is 15.8. The molecule has 2 heterocycles. The number of hydrogen-bond acceptors (Lipinski definition) is 4. The van der Waals surface area contributed by atoms with E-state index in [2.05, 4.69) is 15.3 Å². The van der Waals surface area contributed by atoms with Crippen molar-refractivity contribution in [2.75, 3.05) is 13.7 Å². The lowest BCUT2D eigenvalue weighted by atomic mass is 10.2. The van der Waals surface area contributed by atoms with E-state index in [4.69, 9.17) is 4.74 Å². The van der Waals surface area contributed by atoms with Crippen molar-refractivity contribution in [3.63, 3.8) is 0 Å². The summed E-state index contributed by atoms with van der Waals surface area (Å²) in [6.45, 7) is 0.828. The van der Waals surface area contributed by atoms with Gasteiger partial charge in [0.05, 0.1) is 12.7 Å². The minimum Gasteiger partial charge on any atom is -0.496 e. The van der Waals surface area contributed by atoms with Gasteiger partial charge in [-0.1, -0.05) is 12.1 Å². The topological polar surface area (TPSA) is 69.0 Å². The normalized spacial score (nSPS) is 10.8. The van der Waals surface area contributed by atoms with Gasteiger partial charge < -0.3 is 14.6 Å². The maximum absolute atomic E-state index is 13.3. The van der Waals surface area contributed by atoms with E-state index >= 15 is 0 Å². The highest BCUT2D eigenvalue weighted by Crippen LogP contribution is 2.24. The fourth-order valence-electron chi connectivity index (χ4n) is 3.20. The lowest BCUT2D eigenvalue weighted by Crippen LogP contribution is -2.27. The van der Waals surface area contributed by atoms with Crippen LogP contribution in [0.1, 0.15) is 10.4 Å². The number of ether oxygens (including phenoxy) is 1. The smallest absolute Gasteiger partial charge is 0.255 e. The van der Waals surface area contributed by atoms with Crippen LogP contribution in [0.2, 0.25) is 0 Å². The summed E-state index contributed by atoms with van der Waals surface area (Å²) >= 11 is 0. The minimum absolute atomic E-state index is 0.219. The van der Waals surface area contributed by atoms with Gasteiger partial charge in [-0.05, 0) is 48.5 Å². The second-order valence-electron chi connectivity index (χ2n) is 6.40. The van der Waals surface area contributed by atoms with Crippen molar-refractivity contribution in [2.45, 2.75) is 6.54 Å². The van der Waals surface area contributed by atoms with Crippen LogP contribution >= 0.6 is 0 Å². The fraction of sp³-hybridized carbons (Fsp3) is 0.136. The Morgan fingerprint density at radius 3 is 2.69 bits per heavy atom. The van der Waals surface area contributed by atoms with Gasteiger partial charge in [0.15, 0.2) is 5.65 Å². The number of amides is 1. The number of para-hydroxylation sites is 1. The van der Waals surface area contributed by atoms with Gasteiger partial charge in [-0.2, -0.15) is 0 Å². The van der Waals surface area contributed by atoms with Crippen LogP contribution in [0.4, 0.5) is 4.39 Å². The number of benzene rings is 2. The van der Waals surface area contributed by atoms with Gasteiger partial charge in [0.25, 0.3) is 5.91 Å². The molecule has 0 spiro atoms. The molecule has 0 aliphatic carbocycles. The summed E-state index contributed by atoms with van der Waals surface area (Å²) in [5.41, 5.74) is 2.70. The molecule has 0 unspecified atom stereocenters. The first-order valence-corrected chi connectivity index (χ1v) is 9.16. The Morgan fingerprint density at radius 2 is 1.90 bits per heavy atom. The average molecular weight is 390 g/mol. The highest BCUT2D eigenvalue weighted by Gasteiger charge is 2.15. The predicted octanol–water partition coefficient (Wildman–Crippen LogP) is 3.68. The van der Waals surface area contributed by atoms with Crippen molar-refractivity contribution in [1.29, 1.82) is 0 Å². The van der Waals surface area contributed by atoms with Gasteiger partial charge in [-0.3, -0.25) is 4.79 Å². The van der Waals surface area contributed by atoms with E-state index < -0.39 is 0 Å². The summed E-state index contributed by atoms with van der Waals surface area (Å²) in [4.78, 5) is 21.6. The summed E-state index contributed by atoms with van der Waals surface area (Å²) in [6.07, 6.45) is 1.70. The number of halogens is 1. The Balaban J connectivity index is 1.58. The molecule has 0 atom stereocenters. The summed E-state index contributed by atoms with van der Waals surface area (Å²) in [6, 6.07) is 16.9. The number of nitrogens with one attached hydrogen (secondary N) is 1. The largest absolute Gasteiger partial charge is 0.496 e. The molecule has 0 bridgehead atoms. The van der Waals surface area contributed by atoms with Crippen LogP contribution in [0, 0.1) is 5.82 Å². The van der Waals surface area contributed by atoms with Crippen LogP contribution in [0.25, 0.3) is 22.6 Å². The van der Waals surface area contributed by atoms with Crippen LogP contribution in [0.5, 0.6) is 5.75 Å². The van der Waals surface area contributed by atoms with E-state index in [9.17, 15) is 9.18 Å². The number of pyridine rings is 1. The molecule has 2 aromatic heterocycles. The van der Waals surface area contributed by atoms with E-state index in [0.29, 0.717) is 35.9 Å². The first kappa shape index (κ1) is 18.6. The van der Waals surface area contributed by atoms with Gasteiger partial charge in [-0.25, -0.2) is 14.4 Å². The first-order valence-electron chi connectivity index (χ1n) is 9.16. The molecule has 6 nitrogen and oxygen atoms in total. The van der Waals surface area contributed by atoms with Gasteiger partial charge in [0, 0.05) is 24.8 Å². The Morgan fingerprint density at radius 1 is 1.10 bits per heavy atom. The number of imidazole rings is 1. The summed E-state index contributed by atoms with van der Waals surface area (Å²) in [5, 5.41) is 2.91. The molecule has 146 valence electrons. The second-order valence-corrected chi connectivity index (χ2v) is 6.40. The molecule has 7 heteroatoms.